The second-order valence-corrected chi connectivity index (χ2v) is 5.77. The minimum atomic E-state index is 0.0453. The molecule has 126 valence electrons. The van der Waals surface area contributed by atoms with Gasteiger partial charge in [-0.1, -0.05) is 6.07 Å². The van der Waals surface area contributed by atoms with Crippen LogP contribution in [0.3, 0.4) is 0 Å². The summed E-state index contributed by atoms with van der Waals surface area (Å²) >= 11 is 0. The molecule has 1 aliphatic rings. The Morgan fingerprint density at radius 3 is 2.40 bits per heavy atom. The Balaban J connectivity index is 1.40. The number of tetrazole rings is 1. The van der Waals surface area contributed by atoms with Crippen LogP contribution in [-0.2, 0) is 0 Å². The van der Waals surface area contributed by atoms with Gasteiger partial charge in [-0.2, -0.15) is 0 Å². The average molecular weight is 335 g/mol. The third kappa shape index (κ3) is 3.18. The fraction of sp³-hybridized carbons (Fsp3) is 0.235. The average Bonchev–Trinajstić information content (AvgIpc) is 3.23. The highest BCUT2D eigenvalue weighted by atomic mass is 16.2. The second-order valence-electron chi connectivity index (χ2n) is 5.77. The van der Waals surface area contributed by atoms with Crippen molar-refractivity contribution in [3.05, 3.63) is 60.6 Å². The van der Waals surface area contributed by atoms with Crippen LogP contribution in [0.2, 0.25) is 0 Å². The molecule has 0 N–H and O–H groups in total. The molecule has 0 spiro atoms. The quantitative estimate of drug-likeness (QED) is 0.711. The van der Waals surface area contributed by atoms with Crippen molar-refractivity contribution in [2.24, 2.45) is 0 Å². The first-order valence-corrected chi connectivity index (χ1v) is 8.10. The van der Waals surface area contributed by atoms with E-state index in [0.717, 1.165) is 24.6 Å². The lowest BCUT2D eigenvalue weighted by Crippen LogP contribution is -2.49. The minimum absolute atomic E-state index is 0.0453. The number of benzene rings is 1. The molecule has 0 aliphatic carbocycles. The Labute approximate surface area is 144 Å². The van der Waals surface area contributed by atoms with E-state index in [1.165, 1.54) is 6.33 Å². The zero-order valence-corrected chi connectivity index (χ0v) is 13.6. The third-order valence-electron chi connectivity index (χ3n) is 4.27. The molecular formula is C17H17N7O. The summed E-state index contributed by atoms with van der Waals surface area (Å²) in [6, 6.07) is 13.2. The van der Waals surface area contributed by atoms with Crippen LogP contribution in [0.5, 0.6) is 0 Å². The maximum Gasteiger partial charge on any atom is 0.253 e. The number of hydrogen-bond donors (Lipinski definition) is 0. The molecule has 0 saturated carbocycles. The Kier molecular flexibility index (Phi) is 4.07. The molecule has 1 aliphatic heterocycles. The van der Waals surface area contributed by atoms with E-state index < -0.39 is 0 Å². The van der Waals surface area contributed by atoms with Crippen LogP contribution in [0.25, 0.3) is 5.69 Å². The van der Waals surface area contributed by atoms with Gasteiger partial charge in [0.25, 0.3) is 5.91 Å². The molecule has 25 heavy (non-hydrogen) atoms. The van der Waals surface area contributed by atoms with Gasteiger partial charge in [-0.3, -0.25) is 4.79 Å². The smallest absolute Gasteiger partial charge is 0.253 e. The second kappa shape index (κ2) is 6.68. The van der Waals surface area contributed by atoms with Crippen molar-refractivity contribution in [3.63, 3.8) is 0 Å². The minimum Gasteiger partial charge on any atom is -0.353 e. The van der Waals surface area contributed by atoms with Crippen LogP contribution in [0.15, 0.2) is 55.0 Å². The van der Waals surface area contributed by atoms with Gasteiger partial charge in [-0.05, 0) is 46.8 Å². The molecule has 0 atom stereocenters. The largest absolute Gasteiger partial charge is 0.353 e. The number of pyridine rings is 1. The fourth-order valence-electron chi connectivity index (χ4n) is 2.90. The van der Waals surface area contributed by atoms with Crippen LogP contribution in [0.4, 0.5) is 5.82 Å². The number of rotatable bonds is 3. The molecule has 8 heteroatoms. The monoisotopic (exact) mass is 335 g/mol. The zero-order chi connectivity index (χ0) is 17.1. The predicted molar refractivity (Wildman–Crippen MR) is 91.5 cm³/mol. The summed E-state index contributed by atoms with van der Waals surface area (Å²) in [5, 5.41) is 11.1. The van der Waals surface area contributed by atoms with Crippen LogP contribution in [0.1, 0.15) is 10.4 Å². The van der Waals surface area contributed by atoms with Crippen molar-refractivity contribution in [1.29, 1.82) is 0 Å². The summed E-state index contributed by atoms with van der Waals surface area (Å²) in [7, 11) is 0. The van der Waals surface area contributed by atoms with Gasteiger partial charge in [0.2, 0.25) is 0 Å². The molecule has 1 saturated heterocycles. The molecule has 0 radical (unpaired) electrons. The van der Waals surface area contributed by atoms with Crippen LogP contribution in [0, 0.1) is 0 Å². The van der Waals surface area contributed by atoms with Gasteiger partial charge >= 0.3 is 0 Å². The van der Waals surface area contributed by atoms with Crippen molar-refractivity contribution in [2.45, 2.75) is 0 Å². The Bertz CT molecular complexity index is 825. The van der Waals surface area contributed by atoms with Gasteiger partial charge in [0, 0.05) is 37.9 Å². The molecule has 3 heterocycles. The van der Waals surface area contributed by atoms with Crippen molar-refractivity contribution < 1.29 is 4.79 Å². The Morgan fingerprint density at radius 1 is 0.960 bits per heavy atom. The Hall–Kier alpha value is -3.29. The lowest BCUT2D eigenvalue weighted by Gasteiger charge is -2.35. The van der Waals surface area contributed by atoms with Gasteiger partial charge in [-0.25, -0.2) is 9.67 Å². The highest BCUT2D eigenvalue weighted by Crippen LogP contribution is 2.15. The van der Waals surface area contributed by atoms with E-state index in [1.807, 2.05) is 47.4 Å². The summed E-state index contributed by atoms with van der Waals surface area (Å²) in [5.41, 5.74) is 1.49. The van der Waals surface area contributed by atoms with Crippen molar-refractivity contribution in [3.8, 4) is 5.69 Å². The van der Waals surface area contributed by atoms with E-state index in [2.05, 4.69) is 25.4 Å². The summed E-state index contributed by atoms with van der Waals surface area (Å²) in [4.78, 5) is 21.1. The van der Waals surface area contributed by atoms with E-state index in [0.29, 0.717) is 18.7 Å². The van der Waals surface area contributed by atoms with E-state index in [1.54, 1.807) is 10.9 Å². The third-order valence-corrected chi connectivity index (χ3v) is 4.27. The predicted octanol–water partition coefficient (Wildman–Crippen LogP) is 1.02. The van der Waals surface area contributed by atoms with Gasteiger partial charge in [0.05, 0.1) is 5.69 Å². The van der Waals surface area contributed by atoms with E-state index >= 15 is 0 Å². The lowest BCUT2D eigenvalue weighted by atomic mass is 10.1. The first-order valence-electron chi connectivity index (χ1n) is 8.10. The highest BCUT2D eigenvalue weighted by Gasteiger charge is 2.22. The van der Waals surface area contributed by atoms with Gasteiger partial charge in [-0.15, -0.1) is 5.10 Å². The lowest BCUT2D eigenvalue weighted by molar-refractivity contribution is 0.0746. The van der Waals surface area contributed by atoms with Crippen LogP contribution in [-0.4, -0.2) is 62.2 Å². The summed E-state index contributed by atoms with van der Waals surface area (Å²) in [6.07, 6.45) is 3.31. The number of aromatic nitrogens is 5. The van der Waals surface area contributed by atoms with Crippen LogP contribution >= 0.6 is 0 Å². The van der Waals surface area contributed by atoms with E-state index in [4.69, 9.17) is 0 Å². The molecule has 0 unspecified atom stereocenters. The standard InChI is InChI=1S/C17H17N7O/c25-17(14-4-6-15(7-5-14)24-13-19-20-21-24)23-11-9-22(10-12-23)16-3-1-2-8-18-16/h1-8,13H,9-12H2. The molecular weight excluding hydrogens is 318 g/mol. The first kappa shape index (κ1) is 15.3. The first-order chi connectivity index (χ1) is 12.3. The molecule has 1 amide bonds. The van der Waals surface area contributed by atoms with Gasteiger partial charge in [0.15, 0.2) is 0 Å². The van der Waals surface area contributed by atoms with Crippen molar-refractivity contribution >= 4 is 11.7 Å². The molecule has 3 aromatic rings. The maximum atomic E-state index is 12.7. The molecule has 1 aromatic carbocycles. The number of nitrogens with zero attached hydrogens (tertiary/aromatic N) is 7. The number of hydrogen-bond acceptors (Lipinski definition) is 6. The van der Waals surface area contributed by atoms with Crippen LogP contribution < -0.4 is 4.90 Å². The maximum absolute atomic E-state index is 12.7. The number of piperazine rings is 1. The topological polar surface area (TPSA) is 80.0 Å². The van der Waals surface area contributed by atoms with Gasteiger partial charge < -0.3 is 9.80 Å². The number of amides is 1. The number of anilines is 1. The van der Waals surface area contributed by atoms with Gasteiger partial charge in [0.1, 0.15) is 12.1 Å². The molecule has 2 aromatic heterocycles. The Morgan fingerprint density at radius 2 is 1.76 bits per heavy atom. The normalized spacial score (nSPS) is 14.6. The number of carbonyl (C=O) groups is 1. The highest BCUT2D eigenvalue weighted by molar-refractivity contribution is 5.94. The fourth-order valence-corrected chi connectivity index (χ4v) is 2.90. The summed E-state index contributed by atoms with van der Waals surface area (Å²) < 4.78 is 1.56. The molecule has 1 fully saturated rings. The van der Waals surface area contributed by atoms with Crippen molar-refractivity contribution in [1.82, 2.24) is 30.1 Å². The molecule has 8 nitrogen and oxygen atoms in total. The van der Waals surface area contributed by atoms with E-state index in [9.17, 15) is 4.79 Å². The zero-order valence-electron chi connectivity index (χ0n) is 13.6. The number of carbonyl (C=O) groups excluding carboxylic acids is 1. The summed E-state index contributed by atoms with van der Waals surface area (Å²) in [5.74, 6) is 1.00. The SMILES string of the molecule is O=C(c1ccc(-n2cnnn2)cc1)N1CCN(c2ccccn2)CC1. The summed E-state index contributed by atoms with van der Waals surface area (Å²) in [6.45, 7) is 2.94. The molecule has 0 bridgehead atoms. The molecule has 4 rings (SSSR count). The van der Waals surface area contributed by atoms with Crippen molar-refractivity contribution in [2.75, 3.05) is 31.1 Å². The van der Waals surface area contributed by atoms with E-state index in [-0.39, 0.29) is 5.91 Å².